The average Bonchev–Trinajstić information content (AvgIpc) is 2.86. The zero-order valence-corrected chi connectivity index (χ0v) is 10.8. The number of hydrogen-bond donors (Lipinski definition) is 0. The van der Waals surface area contributed by atoms with Crippen molar-refractivity contribution in [2.45, 2.75) is 26.1 Å². The molecule has 1 heterocycles. The molecule has 0 aliphatic heterocycles. The van der Waals surface area contributed by atoms with Crippen molar-refractivity contribution in [1.82, 2.24) is 9.78 Å². The van der Waals surface area contributed by atoms with Crippen LogP contribution < -0.4 is 0 Å². The Kier molecular flexibility index (Phi) is 3.92. The average molecular weight is 282 g/mol. The fourth-order valence-corrected chi connectivity index (χ4v) is 1.92. The molecule has 0 bridgehead atoms. The molecule has 106 valence electrons. The van der Waals surface area contributed by atoms with E-state index >= 15 is 0 Å². The third-order valence-corrected chi connectivity index (χ3v) is 2.83. The number of rotatable bonds is 4. The number of carbonyl (C=O) groups excluding carboxylic acids is 1. The number of hydrogen-bond acceptors (Lipinski definition) is 2. The van der Waals surface area contributed by atoms with Crippen LogP contribution in [0.25, 0.3) is 0 Å². The topological polar surface area (TPSA) is 34.9 Å². The van der Waals surface area contributed by atoms with E-state index in [2.05, 4.69) is 5.10 Å². The first-order valence-corrected chi connectivity index (χ1v) is 6.17. The number of halogens is 3. The number of nitrogens with zero attached hydrogens (tertiary/aromatic N) is 2. The van der Waals surface area contributed by atoms with Crippen molar-refractivity contribution in [3.63, 3.8) is 0 Å². The lowest BCUT2D eigenvalue weighted by Crippen LogP contribution is -2.13. The van der Waals surface area contributed by atoms with E-state index in [1.54, 1.807) is 4.68 Å². The van der Waals surface area contributed by atoms with Crippen LogP contribution in [-0.2, 0) is 12.7 Å². The van der Waals surface area contributed by atoms with Crippen LogP contribution in [0.15, 0.2) is 36.7 Å². The molecule has 2 rings (SSSR count). The summed E-state index contributed by atoms with van der Waals surface area (Å²) in [5.41, 5.74) is -1.11. The standard InChI is InChI=1S/C14H13F3N2O/c1-2-7-19-9-10(8-18-19)13(20)11-5-3-4-6-12(11)14(15,16)17/h3-6,8-9H,2,7H2,1H3. The van der Waals surface area contributed by atoms with Crippen molar-refractivity contribution >= 4 is 5.78 Å². The minimum absolute atomic E-state index is 0.162. The zero-order valence-electron chi connectivity index (χ0n) is 10.8. The van der Waals surface area contributed by atoms with Gasteiger partial charge in [0.25, 0.3) is 0 Å². The second-order valence-corrected chi connectivity index (χ2v) is 4.36. The Hall–Kier alpha value is -2.11. The van der Waals surface area contributed by atoms with E-state index in [4.69, 9.17) is 0 Å². The second-order valence-electron chi connectivity index (χ2n) is 4.36. The van der Waals surface area contributed by atoms with Crippen molar-refractivity contribution in [3.05, 3.63) is 53.3 Å². The van der Waals surface area contributed by atoms with Crippen LogP contribution in [0.3, 0.4) is 0 Å². The molecule has 0 amide bonds. The molecule has 0 unspecified atom stereocenters. The fourth-order valence-electron chi connectivity index (χ4n) is 1.92. The predicted molar refractivity (Wildman–Crippen MR) is 67.4 cm³/mol. The highest BCUT2D eigenvalue weighted by molar-refractivity contribution is 6.09. The van der Waals surface area contributed by atoms with Gasteiger partial charge in [0, 0.05) is 18.3 Å². The van der Waals surface area contributed by atoms with Gasteiger partial charge >= 0.3 is 6.18 Å². The summed E-state index contributed by atoms with van der Waals surface area (Å²) in [6.07, 6.45) is -0.954. The lowest BCUT2D eigenvalue weighted by molar-refractivity contribution is -0.137. The zero-order chi connectivity index (χ0) is 14.8. The van der Waals surface area contributed by atoms with Gasteiger partial charge in [0.1, 0.15) is 0 Å². The Morgan fingerprint density at radius 2 is 2.00 bits per heavy atom. The summed E-state index contributed by atoms with van der Waals surface area (Å²) >= 11 is 0. The van der Waals surface area contributed by atoms with Crippen molar-refractivity contribution in [3.8, 4) is 0 Å². The first-order valence-electron chi connectivity index (χ1n) is 6.17. The molecule has 1 aromatic heterocycles. The number of aromatic nitrogens is 2. The highest BCUT2D eigenvalue weighted by Gasteiger charge is 2.35. The molecular weight excluding hydrogens is 269 g/mol. The van der Waals surface area contributed by atoms with Crippen LogP contribution in [0, 0.1) is 0 Å². The molecule has 3 nitrogen and oxygen atoms in total. The highest BCUT2D eigenvalue weighted by Crippen LogP contribution is 2.32. The Morgan fingerprint density at radius 3 is 2.65 bits per heavy atom. The number of carbonyl (C=O) groups is 1. The summed E-state index contributed by atoms with van der Waals surface area (Å²) in [6, 6.07) is 4.77. The molecule has 0 N–H and O–H groups in total. The van der Waals surface area contributed by atoms with Crippen molar-refractivity contribution in [2.75, 3.05) is 0 Å². The molecular formula is C14H13F3N2O. The minimum Gasteiger partial charge on any atom is -0.288 e. The quantitative estimate of drug-likeness (QED) is 0.804. The smallest absolute Gasteiger partial charge is 0.288 e. The molecule has 0 aliphatic rings. The van der Waals surface area contributed by atoms with E-state index in [1.165, 1.54) is 30.6 Å². The predicted octanol–water partition coefficient (Wildman–Crippen LogP) is 3.54. The SMILES string of the molecule is CCCn1cc(C(=O)c2ccccc2C(F)(F)F)cn1. The van der Waals surface area contributed by atoms with Gasteiger partial charge in [-0.05, 0) is 12.5 Å². The maximum absolute atomic E-state index is 12.9. The lowest BCUT2D eigenvalue weighted by atomic mass is 10.00. The first kappa shape index (κ1) is 14.3. The first-order chi connectivity index (χ1) is 9.43. The minimum atomic E-state index is -4.55. The summed E-state index contributed by atoms with van der Waals surface area (Å²) in [6.45, 7) is 2.57. The molecule has 0 spiro atoms. The lowest BCUT2D eigenvalue weighted by Gasteiger charge is -2.10. The van der Waals surface area contributed by atoms with Gasteiger partial charge in [0.15, 0.2) is 5.78 Å². The summed E-state index contributed by atoms with van der Waals surface area (Å²) in [5, 5.41) is 3.96. The molecule has 0 fully saturated rings. The highest BCUT2D eigenvalue weighted by atomic mass is 19.4. The monoisotopic (exact) mass is 282 g/mol. The van der Waals surface area contributed by atoms with Gasteiger partial charge in [-0.15, -0.1) is 0 Å². The molecule has 0 saturated carbocycles. The van der Waals surface area contributed by atoms with E-state index in [0.717, 1.165) is 12.5 Å². The third kappa shape index (κ3) is 2.89. The maximum Gasteiger partial charge on any atom is 0.417 e. The van der Waals surface area contributed by atoms with E-state index in [1.807, 2.05) is 6.92 Å². The number of alkyl halides is 3. The van der Waals surface area contributed by atoms with Crippen molar-refractivity contribution < 1.29 is 18.0 Å². The molecule has 0 saturated heterocycles. The molecule has 0 atom stereocenters. The van der Waals surface area contributed by atoms with Gasteiger partial charge in [-0.25, -0.2) is 0 Å². The molecule has 0 aliphatic carbocycles. The maximum atomic E-state index is 12.9. The normalized spacial score (nSPS) is 11.6. The number of aryl methyl sites for hydroxylation is 1. The molecule has 6 heteroatoms. The fraction of sp³-hybridized carbons (Fsp3) is 0.286. The Labute approximate surface area is 114 Å². The van der Waals surface area contributed by atoms with Crippen molar-refractivity contribution in [1.29, 1.82) is 0 Å². The van der Waals surface area contributed by atoms with Gasteiger partial charge in [0.2, 0.25) is 0 Å². The summed E-state index contributed by atoms with van der Waals surface area (Å²) in [5.74, 6) is -0.666. The van der Waals surface area contributed by atoms with E-state index < -0.39 is 17.5 Å². The van der Waals surface area contributed by atoms with Gasteiger partial charge < -0.3 is 0 Å². The molecule has 2 aromatic rings. The largest absolute Gasteiger partial charge is 0.417 e. The van der Waals surface area contributed by atoms with Crippen LogP contribution in [0.1, 0.15) is 34.8 Å². The van der Waals surface area contributed by atoms with Crippen molar-refractivity contribution in [2.24, 2.45) is 0 Å². The number of benzene rings is 1. The Morgan fingerprint density at radius 1 is 1.30 bits per heavy atom. The molecule has 0 radical (unpaired) electrons. The van der Waals surface area contributed by atoms with Crippen LogP contribution in [0.2, 0.25) is 0 Å². The van der Waals surface area contributed by atoms with E-state index in [-0.39, 0.29) is 11.1 Å². The summed E-state index contributed by atoms with van der Waals surface area (Å²) in [4.78, 5) is 12.2. The van der Waals surface area contributed by atoms with Gasteiger partial charge in [0.05, 0.1) is 17.3 Å². The number of ketones is 1. The molecule has 1 aromatic carbocycles. The summed E-state index contributed by atoms with van der Waals surface area (Å²) in [7, 11) is 0. The third-order valence-electron chi connectivity index (χ3n) is 2.83. The van der Waals surface area contributed by atoms with Crippen LogP contribution in [0.4, 0.5) is 13.2 Å². The molecule has 20 heavy (non-hydrogen) atoms. The van der Waals surface area contributed by atoms with Crippen LogP contribution >= 0.6 is 0 Å². The van der Waals surface area contributed by atoms with Gasteiger partial charge in [-0.3, -0.25) is 9.48 Å². The van der Waals surface area contributed by atoms with Crippen LogP contribution in [0.5, 0.6) is 0 Å². The second kappa shape index (κ2) is 5.48. The summed E-state index contributed by atoms with van der Waals surface area (Å²) < 4.78 is 40.2. The van der Waals surface area contributed by atoms with Gasteiger partial charge in [-0.1, -0.05) is 25.1 Å². The Bertz CT molecular complexity index is 617. The van der Waals surface area contributed by atoms with Crippen LogP contribution in [-0.4, -0.2) is 15.6 Å². The van der Waals surface area contributed by atoms with E-state index in [0.29, 0.717) is 6.54 Å². The van der Waals surface area contributed by atoms with Gasteiger partial charge in [-0.2, -0.15) is 18.3 Å². The Balaban J connectivity index is 2.38. The van der Waals surface area contributed by atoms with E-state index in [9.17, 15) is 18.0 Å².